The fourth-order valence-electron chi connectivity index (χ4n) is 1.82. The Labute approximate surface area is 130 Å². The fraction of sp³-hybridized carbons (Fsp3) is 0.533. The molecule has 2 N–H and O–H groups in total. The first-order valence-electron chi connectivity index (χ1n) is 6.73. The van der Waals surface area contributed by atoms with E-state index in [4.69, 9.17) is 16.7 Å². The Morgan fingerprint density at radius 2 is 2.10 bits per heavy atom. The first-order chi connectivity index (χ1) is 9.49. The van der Waals surface area contributed by atoms with Gasteiger partial charge in [-0.3, -0.25) is 4.79 Å². The molecular formula is C15H22ClNO2S. The van der Waals surface area contributed by atoms with Crippen LogP contribution in [0, 0.1) is 0 Å². The summed E-state index contributed by atoms with van der Waals surface area (Å²) in [7, 11) is 1.69. The van der Waals surface area contributed by atoms with Crippen molar-refractivity contribution in [3.05, 3.63) is 34.9 Å². The van der Waals surface area contributed by atoms with E-state index < -0.39 is 11.5 Å². The molecular weight excluding hydrogens is 294 g/mol. The molecule has 0 saturated carbocycles. The van der Waals surface area contributed by atoms with E-state index in [0.717, 1.165) is 34.9 Å². The Balaban J connectivity index is 2.20. The van der Waals surface area contributed by atoms with Gasteiger partial charge in [-0.1, -0.05) is 36.2 Å². The maximum absolute atomic E-state index is 11.1. The predicted octanol–water partition coefficient (Wildman–Crippen LogP) is 3.81. The number of benzene rings is 1. The second-order valence-electron chi connectivity index (χ2n) is 4.99. The van der Waals surface area contributed by atoms with E-state index in [2.05, 4.69) is 5.32 Å². The average molecular weight is 316 g/mol. The van der Waals surface area contributed by atoms with E-state index >= 15 is 0 Å². The van der Waals surface area contributed by atoms with Crippen LogP contribution in [0.25, 0.3) is 0 Å². The van der Waals surface area contributed by atoms with Crippen LogP contribution >= 0.6 is 23.4 Å². The van der Waals surface area contributed by atoms with E-state index in [1.165, 1.54) is 0 Å². The number of hydrogen-bond donors (Lipinski definition) is 2. The minimum atomic E-state index is -0.812. The molecule has 1 aromatic rings. The zero-order valence-electron chi connectivity index (χ0n) is 12.0. The van der Waals surface area contributed by atoms with Crippen molar-refractivity contribution in [2.75, 3.05) is 12.8 Å². The molecule has 0 fully saturated rings. The number of carbonyl (C=O) groups is 1. The van der Waals surface area contributed by atoms with Gasteiger partial charge in [0.25, 0.3) is 0 Å². The summed E-state index contributed by atoms with van der Waals surface area (Å²) in [5.74, 6) is 1.13. The van der Waals surface area contributed by atoms with Crippen LogP contribution in [0.3, 0.4) is 0 Å². The molecule has 0 aliphatic rings. The monoisotopic (exact) mass is 315 g/mol. The maximum Gasteiger partial charge on any atom is 0.323 e. The highest BCUT2D eigenvalue weighted by Crippen LogP contribution is 2.22. The molecule has 0 aliphatic carbocycles. The smallest absolute Gasteiger partial charge is 0.323 e. The molecule has 0 aliphatic heterocycles. The number of carboxylic acid groups (broad SMARTS) is 1. The predicted molar refractivity (Wildman–Crippen MR) is 86.6 cm³/mol. The molecule has 0 spiro atoms. The normalized spacial score (nSPS) is 13.9. The Morgan fingerprint density at radius 3 is 2.70 bits per heavy atom. The highest BCUT2D eigenvalue weighted by molar-refractivity contribution is 7.98. The van der Waals surface area contributed by atoms with E-state index in [1.54, 1.807) is 14.0 Å². The molecule has 112 valence electrons. The van der Waals surface area contributed by atoms with Crippen LogP contribution in [0.4, 0.5) is 0 Å². The van der Waals surface area contributed by atoms with Crippen LogP contribution in [-0.4, -0.2) is 29.4 Å². The number of halogens is 1. The van der Waals surface area contributed by atoms with E-state index in [9.17, 15) is 4.79 Å². The van der Waals surface area contributed by atoms with Crippen molar-refractivity contribution >= 4 is 29.3 Å². The van der Waals surface area contributed by atoms with Crippen LogP contribution in [0.5, 0.6) is 0 Å². The Bertz CT molecular complexity index is 442. The van der Waals surface area contributed by atoms with E-state index in [0.29, 0.717) is 6.42 Å². The van der Waals surface area contributed by atoms with Crippen molar-refractivity contribution < 1.29 is 9.90 Å². The second kappa shape index (κ2) is 8.55. The highest BCUT2D eigenvalue weighted by atomic mass is 35.5. The summed E-state index contributed by atoms with van der Waals surface area (Å²) < 4.78 is 0. The molecule has 1 rings (SSSR count). The van der Waals surface area contributed by atoms with Gasteiger partial charge in [-0.15, -0.1) is 0 Å². The number of unbranched alkanes of at least 4 members (excludes halogenated alkanes) is 1. The molecule has 0 saturated heterocycles. The third-order valence-electron chi connectivity index (χ3n) is 3.45. The molecule has 0 bridgehead atoms. The number of likely N-dealkylation sites (N-methyl/N-ethyl adjacent to an activating group) is 1. The minimum Gasteiger partial charge on any atom is -0.480 e. The van der Waals surface area contributed by atoms with Crippen molar-refractivity contribution in [2.24, 2.45) is 0 Å². The zero-order valence-corrected chi connectivity index (χ0v) is 13.6. The molecule has 1 unspecified atom stereocenters. The van der Waals surface area contributed by atoms with Gasteiger partial charge in [0.2, 0.25) is 0 Å². The molecule has 5 heteroatoms. The molecule has 20 heavy (non-hydrogen) atoms. The van der Waals surface area contributed by atoms with E-state index in [1.807, 2.05) is 36.0 Å². The average Bonchev–Trinajstić information content (AvgIpc) is 2.44. The number of hydrogen-bond acceptors (Lipinski definition) is 3. The highest BCUT2D eigenvalue weighted by Gasteiger charge is 2.29. The lowest BCUT2D eigenvalue weighted by Gasteiger charge is -2.23. The molecule has 0 heterocycles. The number of rotatable bonds is 9. The summed E-state index contributed by atoms with van der Waals surface area (Å²) in [6.45, 7) is 1.73. The van der Waals surface area contributed by atoms with Crippen LogP contribution in [0.2, 0.25) is 5.02 Å². The van der Waals surface area contributed by atoms with Crippen molar-refractivity contribution in [3.63, 3.8) is 0 Å². The van der Waals surface area contributed by atoms with Gasteiger partial charge in [0.15, 0.2) is 0 Å². The van der Waals surface area contributed by atoms with Gasteiger partial charge >= 0.3 is 5.97 Å². The Hall–Kier alpha value is -0.710. The number of carboxylic acids is 1. The third kappa shape index (κ3) is 5.35. The van der Waals surface area contributed by atoms with Gasteiger partial charge in [0.1, 0.15) is 5.54 Å². The minimum absolute atomic E-state index is 0.644. The van der Waals surface area contributed by atoms with Gasteiger partial charge in [0.05, 0.1) is 0 Å². The van der Waals surface area contributed by atoms with Gasteiger partial charge < -0.3 is 10.4 Å². The maximum atomic E-state index is 11.1. The van der Waals surface area contributed by atoms with Crippen LogP contribution in [0.15, 0.2) is 24.3 Å². The quantitative estimate of drug-likeness (QED) is 0.680. The Morgan fingerprint density at radius 1 is 1.40 bits per heavy atom. The molecule has 0 aromatic heterocycles. The van der Waals surface area contributed by atoms with Gasteiger partial charge in [0, 0.05) is 10.8 Å². The number of thioether (sulfide) groups is 1. The summed E-state index contributed by atoms with van der Waals surface area (Å²) in [4.78, 5) is 11.1. The Kier molecular flexibility index (Phi) is 7.41. The zero-order chi connectivity index (χ0) is 15.0. The first-order valence-corrected chi connectivity index (χ1v) is 8.26. The SMILES string of the molecule is CNC(C)(CCCCSCc1ccccc1Cl)C(=O)O. The molecule has 3 nitrogen and oxygen atoms in total. The lowest BCUT2D eigenvalue weighted by Crippen LogP contribution is -2.47. The third-order valence-corrected chi connectivity index (χ3v) is 4.92. The summed E-state index contributed by atoms with van der Waals surface area (Å²) in [5, 5.41) is 12.8. The van der Waals surface area contributed by atoms with Crippen molar-refractivity contribution in [1.29, 1.82) is 0 Å². The van der Waals surface area contributed by atoms with Gasteiger partial charge in [-0.05, 0) is 44.2 Å². The lowest BCUT2D eigenvalue weighted by molar-refractivity contribution is -0.144. The largest absolute Gasteiger partial charge is 0.480 e. The summed E-state index contributed by atoms with van der Waals surface area (Å²) in [5.41, 5.74) is 0.345. The van der Waals surface area contributed by atoms with Crippen molar-refractivity contribution in [2.45, 2.75) is 37.5 Å². The molecule has 1 atom stereocenters. The number of nitrogens with one attached hydrogen (secondary N) is 1. The second-order valence-corrected chi connectivity index (χ2v) is 6.50. The van der Waals surface area contributed by atoms with Crippen LogP contribution in [0.1, 0.15) is 31.7 Å². The van der Waals surface area contributed by atoms with Gasteiger partial charge in [-0.25, -0.2) is 0 Å². The fourth-order valence-corrected chi connectivity index (χ4v) is 3.13. The number of aliphatic carboxylic acids is 1. The first kappa shape index (κ1) is 17.3. The van der Waals surface area contributed by atoms with Crippen molar-refractivity contribution in [1.82, 2.24) is 5.32 Å². The van der Waals surface area contributed by atoms with Crippen LogP contribution < -0.4 is 5.32 Å². The summed E-state index contributed by atoms with van der Waals surface area (Å²) >= 11 is 7.93. The molecule has 0 amide bonds. The van der Waals surface area contributed by atoms with Gasteiger partial charge in [-0.2, -0.15) is 11.8 Å². The van der Waals surface area contributed by atoms with E-state index in [-0.39, 0.29) is 0 Å². The summed E-state index contributed by atoms with van der Waals surface area (Å²) in [6, 6.07) is 7.87. The standard InChI is InChI=1S/C15H22ClNO2S/c1-15(17-2,14(18)19)9-5-6-10-20-11-12-7-3-4-8-13(12)16/h3-4,7-8,17H,5-6,9-11H2,1-2H3,(H,18,19). The molecule has 0 radical (unpaired) electrons. The molecule has 1 aromatic carbocycles. The lowest BCUT2D eigenvalue weighted by atomic mass is 9.95. The topological polar surface area (TPSA) is 49.3 Å². The van der Waals surface area contributed by atoms with Crippen LogP contribution in [-0.2, 0) is 10.5 Å². The summed E-state index contributed by atoms with van der Waals surface area (Å²) in [6.07, 6.45) is 2.56. The van der Waals surface area contributed by atoms with Crippen molar-refractivity contribution in [3.8, 4) is 0 Å².